The number of amides is 3. The maximum Gasteiger partial charge on any atom is 0.237 e. The van der Waals surface area contributed by atoms with E-state index in [1.807, 2.05) is 44.2 Å². The fraction of sp³-hybridized carbons (Fsp3) is 0.292. The van der Waals surface area contributed by atoms with Gasteiger partial charge in [0, 0.05) is 17.1 Å². The topological polar surface area (TPSA) is 106 Å². The summed E-state index contributed by atoms with van der Waals surface area (Å²) in [6.45, 7) is 3.86. The van der Waals surface area contributed by atoms with Crippen LogP contribution < -0.4 is 10.6 Å². The second-order valence-corrected chi connectivity index (χ2v) is 9.49. The van der Waals surface area contributed by atoms with E-state index in [-0.39, 0.29) is 23.5 Å². The van der Waals surface area contributed by atoms with E-state index in [1.54, 1.807) is 23.0 Å². The van der Waals surface area contributed by atoms with Crippen molar-refractivity contribution < 1.29 is 14.4 Å². The third kappa shape index (κ3) is 4.85. The molecule has 34 heavy (non-hydrogen) atoms. The molecule has 1 aliphatic rings. The largest absolute Gasteiger partial charge is 0.325 e. The summed E-state index contributed by atoms with van der Waals surface area (Å²) in [6, 6.07) is 12.9. The molecule has 1 atom stereocenters. The van der Waals surface area contributed by atoms with Gasteiger partial charge in [0.2, 0.25) is 17.7 Å². The van der Waals surface area contributed by atoms with Gasteiger partial charge in [-0.15, -0.1) is 10.2 Å². The van der Waals surface area contributed by atoms with E-state index in [0.29, 0.717) is 35.1 Å². The van der Waals surface area contributed by atoms with Crippen LogP contribution in [-0.2, 0) is 19.8 Å². The molecule has 4 rings (SSSR count). The van der Waals surface area contributed by atoms with Crippen LogP contribution in [0.15, 0.2) is 53.9 Å². The Balaban J connectivity index is 1.39. The highest BCUT2D eigenvalue weighted by molar-refractivity contribution is 7.99. The van der Waals surface area contributed by atoms with Crippen LogP contribution in [0.4, 0.5) is 5.69 Å². The predicted molar refractivity (Wildman–Crippen MR) is 131 cm³/mol. The van der Waals surface area contributed by atoms with Gasteiger partial charge < -0.3 is 5.32 Å². The minimum absolute atomic E-state index is 0.142. The van der Waals surface area contributed by atoms with Crippen LogP contribution in [0.2, 0.25) is 5.02 Å². The number of aromatic nitrogens is 3. The molecule has 0 bridgehead atoms. The number of benzene rings is 2. The number of thioether (sulfide) groups is 1. The average Bonchev–Trinajstić information content (AvgIpc) is 3.29. The lowest BCUT2D eigenvalue weighted by Crippen LogP contribution is -2.51. The second-order valence-electron chi connectivity index (χ2n) is 8.14. The first-order chi connectivity index (χ1) is 16.3. The molecule has 8 nitrogen and oxygen atoms in total. The van der Waals surface area contributed by atoms with Gasteiger partial charge >= 0.3 is 0 Å². The van der Waals surface area contributed by atoms with Gasteiger partial charge in [0.25, 0.3) is 0 Å². The number of carbonyl (C=O) groups is 3. The number of imide groups is 1. The zero-order valence-corrected chi connectivity index (χ0v) is 20.4. The number of piperidine rings is 1. The maximum absolute atomic E-state index is 12.6. The number of hydrogen-bond acceptors (Lipinski definition) is 6. The number of carbonyl (C=O) groups excluding carboxylic acids is 3. The number of aryl methyl sites for hydroxylation is 1. The Kier molecular flexibility index (Phi) is 7.04. The molecule has 1 saturated heterocycles. The van der Waals surface area contributed by atoms with Gasteiger partial charge in [-0.1, -0.05) is 48.5 Å². The number of nitrogens with zero attached hydrogens (tertiary/aromatic N) is 3. The van der Waals surface area contributed by atoms with Gasteiger partial charge in [0.1, 0.15) is 6.33 Å². The highest BCUT2D eigenvalue weighted by atomic mass is 35.5. The molecule has 2 aromatic carbocycles. The molecule has 0 radical (unpaired) electrons. The van der Waals surface area contributed by atoms with Crippen LogP contribution in [0.1, 0.15) is 37.3 Å². The zero-order valence-electron chi connectivity index (χ0n) is 18.8. The van der Waals surface area contributed by atoms with Crippen LogP contribution >= 0.6 is 23.4 Å². The quantitative estimate of drug-likeness (QED) is 0.377. The zero-order chi connectivity index (χ0) is 24.3. The SMILES string of the molecule is CCC1(c2ccc(NC(=O)CSc3nncn3-c3ccc(C)c(Cl)c3)cc2)CCC(=O)NC1=O. The van der Waals surface area contributed by atoms with Crippen LogP contribution in [0.5, 0.6) is 0 Å². The second kappa shape index (κ2) is 9.99. The van der Waals surface area contributed by atoms with Crippen molar-refractivity contribution in [1.29, 1.82) is 0 Å². The Labute approximate surface area is 206 Å². The summed E-state index contributed by atoms with van der Waals surface area (Å²) in [4.78, 5) is 36.7. The Bertz CT molecular complexity index is 1240. The monoisotopic (exact) mass is 497 g/mol. The summed E-state index contributed by atoms with van der Waals surface area (Å²) in [5.41, 5.74) is 2.52. The third-order valence-electron chi connectivity index (χ3n) is 6.07. The Hall–Kier alpha value is -3.17. The van der Waals surface area contributed by atoms with Crippen LogP contribution in [0, 0.1) is 6.92 Å². The first-order valence-electron chi connectivity index (χ1n) is 10.9. The number of hydrogen-bond donors (Lipinski definition) is 2. The summed E-state index contributed by atoms with van der Waals surface area (Å²) in [5, 5.41) is 14.6. The molecule has 1 unspecified atom stereocenters. The van der Waals surface area contributed by atoms with Gasteiger partial charge in [0.15, 0.2) is 5.16 Å². The molecule has 1 aromatic heterocycles. The van der Waals surface area contributed by atoms with E-state index >= 15 is 0 Å². The first-order valence-corrected chi connectivity index (χ1v) is 12.2. The van der Waals surface area contributed by atoms with Crippen molar-refractivity contribution in [3.8, 4) is 5.69 Å². The first kappa shape index (κ1) is 24.0. The van der Waals surface area contributed by atoms with Crippen molar-refractivity contribution in [3.05, 3.63) is 64.9 Å². The molecular weight excluding hydrogens is 474 g/mol. The Morgan fingerprint density at radius 1 is 1.24 bits per heavy atom. The number of nitrogens with one attached hydrogen (secondary N) is 2. The number of halogens is 1. The lowest BCUT2D eigenvalue weighted by molar-refractivity contribution is -0.138. The Morgan fingerprint density at radius 2 is 2.00 bits per heavy atom. The molecule has 2 heterocycles. The summed E-state index contributed by atoms with van der Waals surface area (Å²) in [5.74, 6) is -0.556. The molecule has 3 aromatic rings. The van der Waals surface area contributed by atoms with Crippen molar-refractivity contribution in [3.63, 3.8) is 0 Å². The highest BCUT2D eigenvalue weighted by Crippen LogP contribution is 2.36. The van der Waals surface area contributed by atoms with Crippen molar-refractivity contribution in [2.45, 2.75) is 43.7 Å². The van der Waals surface area contributed by atoms with E-state index in [0.717, 1.165) is 16.8 Å². The van der Waals surface area contributed by atoms with E-state index < -0.39 is 5.41 Å². The number of anilines is 1. The minimum atomic E-state index is -0.727. The standard InChI is InChI=1S/C24H24ClN5O3S/c1-3-24(11-10-20(31)28-22(24)33)16-5-7-17(8-6-16)27-21(32)13-34-23-29-26-14-30(23)18-9-4-15(2)19(25)12-18/h4-9,12,14H,3,10-11,13H2,1-2H3,(H,27,32)(H,28,31,33). The molecule has 0 saturated carbocycles. The molecule has 0 spiro atoms. The lowest BCUT2D eigenvalue weighted by Gasteiger charge is -2.35. The molecule has 10 heteroatoms. The molecule has 176 valence electrons. The molecule has 3 amide bonds. The molecule has 1 aliphatic heterocycles. The smallest absolute Gasteiger partial charge is 0.237 e. The third-order valence-corrected chi connectivity index (χ3v) is 7.42. The van der Waals surface area contributed by atoms with Crippen molar-refractivity contribution in [1.82, 2.24) is 20.1 Å². The Morgan fingerprint density at radius 3 is 2.68 bits per heavy atom. The summed E-state index contributed by atoms with van der Waals surface area (Å²) < 4.78 is 1.78. The van der Waals surface area contributed by atoms with E-state index in [4.69, 9.17) is 11.6 Å². The summed E-state index contributed by atoms with van der Waals surface area (Å²) >= 11 is 7.50. The van der Waals surface area contributed by atoms with Crippen molar-refractivity contribution in [2.24, 2.45) is 0 Å². The van der Waals surface area contributed by atoms with Crippen molar-refractivity contribution >= 4 is 46.8 Å². The van der Waals surface area contributed by atoms with Gasteiger partial charge in [-0.25, -0.2) is 0 Å². The molecule has 1 fully saturated rings. The summed E-state index contributed by atoms with van der Waals surface area (Å²) in [7, 11) is 0. The predicted octanol–water partition coefficient (Wildman–Crippen LogP) is 4.04. The molecule has 0 aliphatic carbocycles. The van der Waals surface area contributed by atoms with Gasteiger partial charge in [-0.05, 0) is 55.2 Å². The normalized spacial score (nSPS) is 18.0. The van der Waals surface area contributed by atoms with Gasteiger partial charge in [-0.2, -0.15) is 0 Å². The van der Waals surface area contributed by atoms with E-state index in [2.05, 4.69) is 20.8 Å². The fourth-order valence-electron chi connectivity index (χ4n) is 4.00. The highest BCUT2D eigenvalue weighted by Gasteiger charge is 2.42. The maximum atomic E-state index is 12.6. The number of rotatable bonds is 7. The molecule has 2 N–H and O–H groups in total. The fourth-order valence-corrected chi connectivity index (χ4v) is 4.90. The average molecular weight is 498 g/mol. The molecular formula is C24H24ClN5O3S. The van der Waals surface area contributed by atoms with Crippen LogP contribution in [0.25, 0.3) is 5.69 Å². The minimum Gasteiger partial charge on any atom is -0.325 e. The summed E-state index contributed by atoms with van der Waals surface area (Å²) in [6.07, 6.45) is 2.96. The van der Waals surface area contributed by atoms with Crippen molar-refractivity contribution in [2.75, 3.05) is 11.1 Å². The van der Waals surface area contributed by atoms with E-state index in [9.17, 15) is 14.4 Å². The van der Waals surface area contributed by atoms with Gasteiger partial charge in [0.05, 0.1) is 16.9 Å². The van der Waals surface area contributed by atoms with Crippen LogP contribution in [-0.4, -0.2) is 38.2 Å². The van der Waals surface area contributed by atoms with E-state index in [1.165, 1.54) is 11.8 Å². The van der Waals surface area contributed by atoms with Crippen LogP contribution in [0.3, 0.4) is 0 Å². The van der Waals surface area contributed by atoms with Gasteiger partial charge in [-0.3, -0.25) is 24.3 Å². The lowest BCUT2D eigenvalue weighted by atomic mass is 9.72.